The monoisotopic (exact) mass is 463 g/mol. The van der Waals surface area contributed by atoms with E-state index < -0.39 is 18.0 Å². The van der Waals surface area contributed by atoms with E-state index in [1.54, 1.807) is 5.38 Å². The van der Waals surface area contributed by atoms with Gasteiger partial charge in [-0.05, 0) is 35.1 Å². The Labute approximate surface area is 193 Å². The molecule has 0 aliphatic heterocycles. The van der Waals surface area contributed by atoms with E-state index in [1.807, 2.05) is 36.4 Å². The zero-order valence-corrected chi connectivity index (χ0v) is 18.3. The summed E-state index contributed by atoms with van der Waals surface area (Å²) < 4.78 is 5.50. The number of anilines is 1. The number of amides is 2. The van der Waals surface area contributed by atoms with Crippen molar-refractivity contribution in [1.29, 1.82) is 0 Å². The molecular formula is C24H21N3O5S. The molecule has 1 saturated carbocycles. The van der Waals surface area contributed by atoms with Gasteiger partial charge in [0.05, 0.1) is 5.92 Å². The van der Waals surface area contributed by atoms with Gasteiger partial charge in [0.1, 0.15) is 12.3 Å². The summed E-state index contributed by atoms with van der Waals surface area (Å²) in [6, 6.07) is 16.0. The molecule has 3 N–H and O–H groups in total. The highest BCUT2D eigenvalue weighted by Gasteiger charge is 2.35. The Bertz CT molecular complexity index is 1190. The highest BCUT2D eigenvalue weighted by Crippen LogP contribution is 2.44. The summed E-state index contributed by atoms with van der Waals surface area (Å²) in [5.41, 5.74) is 4.73. The number of fused-ring (bicyclic) bond motifs is 3. The van der Waals surface area contributed by atoms with Crippen LogP contribution in [-0.2, 0) is 9.53 Å². The third-order valence-corrected chi connectivity index (χ3v) is 6.87. The molecule has 1 fully saturated rings. The first kappa shape index (κ1) is 21.1. The lowest BCUT2D eigenvalue weighted by Crippen LogP contribution is -2.46. The molecule has 2 aliphatic carbocycles. The fourth-order valence-corrected chi connectivity index (χ4v) is 5.03. The molecule has 0 saturated heterocycles. The summed E-state index contributed by atoms with van der Waals surface area (Å²) in [4.78, 5) is 39.7. The highest BCUT2D eigenvalue weighted by atomic mass is 32.1. The van der Waals surface area contributed by atoms with Crippen LogP contribution < -0.4 is 10.6 Å². The number of benzene rings is 2. The molecule has 1 aromatic heterocycles. The smallest absolute Gasteiger partial charge is 0.413 e. The summed E-state index contributed by atoms with van der Waals surface area (Å²) in [7, 11) is 0. The molecule has 2 amide bonds. The van der Waals surface area contributed by atoms with Crippen molar-refractivity contribution in [3.05, 3.63) is 70.7 Å². The summed E-state index contributed by atoms with van der Waals surface area (Å²) in [6.07, 6.45) is 0.188. The highest BCUT2D eigenvalue weighted by molar-refractivity contribution is 7.14. The van der Waals surface area contributed by atoms with Crippen molar-refractivity contribution in [2.75, 3.05) is 11.9 Å². The zero-order valence-electron chi connectivity index (χ0n) is 17.5. The predicted molar refractivity (Wildman–Crippen MR) is 122 cm³/mol. The van der Waals surface area contributed by atoms with E-state index >= 15 is 0 Å². The number of carboxylic acids is 1. The van der Waals surface area contributed by atoms with Crippen LogP contribution >= 0.6 is 11.3 Å². The summed E-state index contributed by atoms with van der Waals surface area (Å²) in [5, 5.41) is 16.1. The third-order valence-electron chi connectivity index (χ3n) is 6.11. The molecule has 0 bridgehead atoms. The average molecular weight is 464 g/mol. The van der Waals surface area contributed by atoms with Gasteiger partial charge in [0.15, 0.2) is 5.13 Å². The second-order valence-corrected chi connectivity index (χ2v) is 9.02. The number of nitrogens with one attached hydrogen (secondary N) is 2. The van der Waals surface area contributed by atoms with Gasteiger partial charge in [-0.1, -0.05) is 48.5 Å². The first-order valence-corrected chi connectivity index (χ1v) is 11.5. The van der Waals surface area contributed by atoms with Crippen LogP contribution in [0.25, 0.3) is 11.1 Å². The number of carbonyl (C=O) groups is 3. The number of thiazole rings is 1. The molecule has 0 spiro atoms. The van der Waals surface area contributed by atoms with Gasteiger partial charge in [0.25, 0.3) is 5.91 Å². The number of rotatable bonds is 6. The van der Waals surface area contributed by atoms with Crippen molar-refractivity contribution >= 4 is 34.4 Å². The third kappa shape index (κ3) is 4.19. The van der Waals surface area contributed by atoms with Crippen LogP contribution in [0.1, 0.15) is 40.4 Å². The van der Waals surface area contributed by atoms with Crippen LogP contribution in [-0.4, -0.2) is 40.7 Å². The van der Waals surface area contributed by atoms with Crippen LogP contribution in [0.3, 0.4) is 0 Å². The van der Waals surface area contributed by atoms with Gasteiger partial charge in [-0.3, -0.25) is 14.9 Å². The van der Waals surface area contributed by atoms with Crippen LogP contribution in [0.4, 0.5) is 9.93 Å². The molecule has 3 aromatic rings. The zero-order chi connectivity index (χ0) is 22.9. The van der Waals surface area contributed by atoms with Crippen LogP contribution in [0.2, 0.25) is 0 Å². The molecule has 0 unspecified atom stereocenters. The minimum Gasteiger partial charge on any atom is -0.481 e. The molecule has 5 rings (SSSR count). The second-order valence-electron chi connectivity index (χ2n) is 8.17. The number of carbonyl (C=O) groups excluding carboxylic acids is 2. The van der Waals surface area contributed by atoms with Crippen LogP contribution in [0, 0.1) is 5.92 Å². The van der Waals surface area contributed by atoms with Crippen molar-refractivity contribution in [2.45, 2.75) is 24.8 Å². The Morgan fingerprint density at radius 2 is 1.67 bits per heavy atom. The molecule has 33 heavy (non-hydrogen) atoms. The topological polar surface area (TPSA) is 118 Å². The van der Waals surface area contributed by atoms with Gasteiger partial charge in [0.2, 0.25) is 0 Å². The standard InChI is InChI=1S/C24H21N3O5S/c28-21(25-14-9-13(10-14)22(29)30)20-12-33-23(26-20)27-24(31)32-11-19-17-7-3-1-5-15(17)16-6-2-4-8-18(16)19/h1-8,12-14,19H,9-11H2,(H,25,28)(H,29,30)(H,26,27,31). The Kier molecular flexibility index (Phi) is 5.55. The number of hydrogen-bond donors (Lipinski definition) is 3. The quantitative estimate of drug-likeness (QED) is 0.507. The van der Waals surface area contributed by atoms with Gasteiger partial charge < -0.3 is 15.2 Å². The van der Waals surface area contributed by atoms with Crippen molar-refractivity contribution in [2.24, 2.45) is 5.92 Å². The molecule has 2 aliphatic rings. The predicted octanol–water partition coefficient (Wildman–Crippen LogP) is 4.10. The SMILES string of the molecule is O=C(Nc1nc(C(=O)NC2CC(C(=O)O)C2)cs1)OCC1c2ccccc2-c2ccccc21. The number of ether oxygens (including phenoxy) is 1. The van der Waals surface area contributed by atoms with E-state index in [0.717, 1.165) is 33.6 Å². The van der Waals surface area contributed by atoms with Crippen molar-refractivity contribution < 1.29 is 24.2 Å². The molecule has 0 radical (unpaired) electrons. The molecule has 1 heterocycles. The lowest BCUT2D eigenvalue weighted by atomic mass is 9.80. The number of carboxylic acid groups (broad SMARTS) is 1. The fraction of sp³-hybridized carbons (Fsp3) is 0.250. The first-order valence-electron chi connectivity index (χ1n) is 10.6. The maximum absolute atomic E-state index is 12.4. The van der Waals surface area contributed by atoms with Crippen LogP contribution in [0.5, 0.6) is 0 Å². The van der Waals surface area contributed by atoms with Gasteiger partial charge in [-0.2, -0.15) is 0 Å². The number of aromatic nitrogens is 1. The second kappa shape index (κ2) is 8.67. The van der Waals surface area contributed by atoms with E-state index in [1.165, 1.54) is 0 Å². The summed E-state index contributed by atoms with van der Waals surface area (Å²) in [5.74, 6) is -1.68. The van der Waals surface area contributed by atoms with Crippen molar-refractivity contribution in [3.8, 4) is 11.1 Å². The maximum Gasteiger partial charge on any atom is 0.413 e. The normalized spacial score (nSPS) is 18.5. The van der Waals surface area contributed by atoms with Crippen LogP contribution in [0.15, 0.2) is 53.9 Å². The lowest BCUT2D eigenvalue weighted by molar-refractivity contribution is -0.145. The Hall–Kier alpha value is -3.72. The Balaban J connectivity index is 1.16. The fourth-order valence-electron chi connectivity index (χ4n) is 4.35. The molecular weight excluding hydrogens is 442 g/mol. The minimum atomic E-state index is -0.844. The van der Waals surface area contributed by atoms with Gasteiger partial charge in [-0.15, -0.1) is 11.3 Å². The van der Waals surface area contributed by atoms with Crippen molar-refractivity contribution in [1.82, 2.24) is 10.3 Å². The number of aliphatic carboxylic acids is 1. The molecule has 2 aromatic carbocycles. The minimum absolute atomic E-state index is 0.0436. The summed E-state index contributed by atoms with van der Waals surface area (Å²) in [6.45, 7) is 0.186. The molecule has 9 heteroatoms. The van der Waals surface area contributed by atoms with Crippen molar-refractivity contribution in [3.63, 3.8) is 0 Å². The van der Waals surface area contributed by atoms with Gasteiger partial charge in [-0.25, -0.2) is 9.78 Å². The number of nitrogens with zero attached hydrogens (tertiary/aromatic N) is 1. The number of hydrogen-bond acceptors (Lipinski definition) is 6. The Morgan fingerprint density at radius 3 is 2.30 bits per heavy atom. The lowest BCUT2D eigenvalue weighted by Gasteiger charge is -2.32. The van der Waals surface area contributed by atoms with E-state index in [9.17, 15) is 14.4 Å². The molecule has 8 nitrogen and oxygen atoms in total. The summed E-state index contributed by atoms with van der Waals surface area (Å²) >= 11 is 1.12. The van der Waals surface area contributed by atoms with E-state index in [4.69, 9.17) is 9.84 Å². The molecule has 0 atom stereocenters. The van der Waals surface area contributed by atoms with E-state index in [2.05, 4.69) is 27.8 Å². The molecule has 168 valence electrons. The van der Waals surface area contributed by atoms with E-state index in [0.29, 0.717) is 12.8 Å². The van der Waals surface area contributed by atoms with Gasteiger partial charge in [0, 0.05) is 17.3 Å². The maximum atomic E-state index is 12.4. The van der Waals surface area contributed by atoms with E-state index in [-0.39, 0.29) is 35.3 Å². The first-order chi connectivity index (χ1) is 16.0. The Morgan fingerprint density at radius 1 is 1.03 bits per heavy atom. The average Bonchev–Trinajstić information content (AvgIpc) is 3.37. The van der Waals surface area contributed by atoms with Gasteiger partial charge >= 0.3 is 12.1 Å². The largest absolute Gasteiger partial charge is 0.481 e.